The van der Waals surface area contributed by atoms with Gasteiger partial charge in [-0.25, -0.2) is 4.98 Å². The summed E-state index contributed by atoms with van der Waals surface area (Å²) in [6.07, 6.45) is 3.28. The Hall–Kier alpha value is -2.01. The second-order valence-electron chi connectivity index (χ2n) is 3.65. The highest BCUT2D eigenvalue weighted by molar-refractivity contribution is 5.97. The molecule has 0 aliphatic heterocycles. The normalized spacial score (nSPS) is 9.67. The maximum Gasteiger partial charge on any atom is 0.163 e. The Morgan fingerprint density at radius 3 is 2.67 bits per heavy atom. The van der Waals surface area contributed by atoms with E-state index in [1.807, 2.05) is 6.07 Å². The molecule has 2 aromatic rings. The van der Waals surface area contributed by atoms with Gasteiger partial charge in [0.1, 0.15) is 17.9 Å². The summed E-state index contributed by atoms with van der Waals surface area (Å²) in [5, 5.41) is 0. The first-order valence-electron chi connectivity index (χ1n) is 5.10. The van der Waals surface area contributed by atoms with Crippen LogP contribution in [0.3, 0.4) is 0 Å². The summed E-state index contributed by atoms with van der Waals surface area (Å²) in [5.74, 6) is 0.955. The number of nitrogen functional groups attached to an aromatic ring is 1. The van der Waals surface area contributed by atoms with E-state index < -0.39 is 0 Å². The zero-order valence-electron chi connectivity index (χ0n) is 10.1. The molecule has 1 aromatic carbocycles. The minimum absolute atomic E-state index is 0. The van der Waals surface area contributed by atoms with Gasteiger partial charge >= 0.3 is 0 Å². The molecule has 1 aromatic heterocycles. The third-order valence-electron chi connectivity index (χ3n) is 2.46. The Balaban J connectivity index is 0.00000162. The van der Waals surface area contributed by atoms with E-state index in [-0.39, 0.29) is 18.2 Å². The lowest BCUT2D eigenvalue weighted by atomic mass is 10.1. The van der Waals surface area contributed by atoms with Crippen molar-refractivity contribution in [1.82, 2.24) is 9.55 Å². The van der Waals surface area contributed by atoms with E-state index in [1.165, 1.54) is 14.0 Å². The molecule has 0 spiro atoms. The predicted molar refractivity (Wildman–Crippen MR) is 71.8 cm³/mol. The number of hydrogen-bond acceptors (Lipinski definition) is 4. The van der Waals surface area contributed by atoms with Crippen LogP contribution in [-0.2, 0) is 0 Å². The molecule has 5 nitrogen and oxygen atoms in total. The maximum atomic E-state index is 11.5. The van der Waals surface area contributed by atoms with Crippen molar-refractivity contribution in [2.24, 2.45) is 0 Å². The van der Waals surface area contributed by atoms with Gasteiger partial charge in [-0.1, -0.05) is 0 Å². The number of nitrogens with two attached hydrogens (primary N) is 1. The van der Waals surface area contributed by atoms with E-state index in [1.54, 1.807) is 29.2 Å². The van der Waals surface area contributed by atoms with E-state index in [9.17, 15) is 4.79 Å². The Bertz CT molecular complexity index is 566. The average molecular weight is 268 g/mol. The van der Waals surface area contributed by atoms with E-state index in [0.29, 0.717) is 17.1 Å². The van der Waals surface area contributed by atoms with Crippen LogP contribution in [0.5, 0.6) is 5.75 Å². The van der Waals surface area contributed by atoms with E-state index in [0.717, 1.165) is 5.69 Å². The van der Waals surface area contributed by atoms with Crippen molar-refractivity contribution in [3.63, 3.8) is 0 Å². The molecule has 2 N–H and O–H groups in total. The van der Waals surface area contributed by atoms with Gasteiger partial charge in [-0.05, 0) is 25.1 Å². The highest BCUT2D eigenvalue weighted by Crippen LogP contribution is 2.22. The topological polar surface area (TPSA) is 70.1 Å². The Kier molecular flexibility index (Phi) is 4.33. The standard InChI is InChI=1S/C12H13N3O2.ClH/c1-8(16)10-5-9(3-4-11(10)17-2)15-6-12(13)14-7-15;/h3-7H,13H2,1-2H3;1H. The number of benzene rings is 1. The number of aromatic nitrogens is 2. The Labute approximate surface area is 111 Å². The average Bonchev–Trinajstić information content (AvgIpc) is 2.75. The van der Waals surface area contributed by atoms with Gasteiger partial charge in [0.25, 0.3) is 0 Å². The monoisotopic (exact) mass is 267 g/mol. The molecule has 0 unspecified atom stereocenters. The lowest BCUT2D eigenvalue weighted by molar-refractivity contribution is 0.101. The Morgan fingerprint density at radius 2 is 2.17 bits per heavy atom. The van der Waals surface area contributed by atoms with E-state index in [4.69, 9.17) is 10.5 Å². The predicted octanol–water partition coefficient (Wildman–Crippen LogP) is 2.09. The molecule has 0 bridgehead atoms. The Morgan fingerprint density at radius 1 is 1.44 bits per heavy atom. The molecule has 96 valence electrons. The number of carbonyl (C=O) groups excluding carboxylic acids is 1. The first kappa shape index (κ1) is 14.1. The highest BCUT2D eigenvalue weighted by Gasteiger charge is 2.09. The van der Waals surface area contributed by atoms with Gasteiger partial charge in [-0.15, -0.1) is 12.4 Å². The number of ketones is 1. The fourth-order valence-corrected chi connectivity index (χ4v) is 1.61. The molecular weight excluding hydrogens is 254 g/mol. The molecule has 2 rings (SSSR count). The summed E-state index contributed by atoms with van der Waals surface area (Å²) in [4.78, 5) is 15.4. The first-order valence-corrected chi connectivity index (χ1v) is 5.10. The van der Waals surface area contributed by atoms with Gasteiger partial charge in [0.15, 0.2) is 5.78 Å². The number of halogens is 1. The molecule has 0 atom stereocenters. The molecule has 0 aliphatic carbocycles. The third kappa shape index (κ3) is 2.62. The van der Waals surface area contributed by atoms with Gasteiger partial charge in [0, 0.05) is 5.69 Å². The van der Waals surface area contributed by atoms with Crippen LogP contribution in [-0.4, -0.2) is 22.4 Å². The lowest BCUT2D eigenvalue weighted by Crippen LogP contribution is -2.00. The quantitative estimate of drug-likeness (QED) is 0.865. The number of ether oxygens (including phenoxy) is 1. The van der Waals surface area contributed by atoms with Crippen molar-refractivity contribution in [3.8, 4) is 11.4 Å². The van der Waals surface area contributed by atoms with Gasteiger partial charge < -0.3 is 15.0 Å². The summed E-state index contributed by atoms with van der Waals surface area (Å²) < 4.78 is 6.88. The van der Waals surface area contributed by atoms with Crippen LogP contribution in [0.1, 0.15) is 17.3 Å². The molecule has 1 heterocycles. The fraction of sp³-hybridized carbons (Fsp3) is 0.167. The van der Waals surface area contributed by atoms with Crippen molar-refractivity contribution in [3.05, 3.63) is 36.3 Å². The van der Waals surface area contributed by atoms with Gasteiger partial charge in [0.2, 0.25) is 0 Å². The van der Waals surface area contributed by atoms with E-state index >= 15 is 0 Å². The van der Waals surface area contributed by atoms with Crippen LogP contribution in [0, 0.1) is 0 Å². The van der Waals surface area contributed by atoms with Crippen LogP contribution in [0.15, 0.2) is 30.7 Å². The summed E-state index contributed by atoms with van der Waals surface area (Å²) in [5.41, 5.74) is 6.91. The van der Waals surface area contributed by atoms with Gasteiger partial charge in [-0.3, -0.25) is 4.79 Å². The summed E-state index contributed by atoms with van der Waals surface area (Å²) in [6.45, 7) is 1.50. The molecule has 0 radical (unpaired) electrons. The largest absolute Gasteiger partial charge is 0.496 e. The minimum atomic E-state index is -0.0446. The van der Waals surface area contributed by atoms with Gasteiger partial charge in [0.05, 0.1) is 18.9 Å². The molecule has 0 saturated carbocycles. The number of carbonyl (C=O) groups is 1. The van der Waals surface area contributed by atoms with Crippen LogP contribution in [0.25, 0.3) is 5.69 Å². The molecule has 0 amide bonds. The SMILES string of the molecule is COc1ccc(-n2cnc(N)c2)cc1C(C)=O.Cl. The zero-order valence-corrected chi connectivity index (χ0v) is 10.9. The second kappa shape index (κ2) is 5.55. The molecule has 0 saturated heterocycles. The van der Waals surface area contributed by atoms with Crippen LogP contribution in [0.4, 0.5) is 5.82 Å². The molecular formula is C12H14ClN3O2. The van der Waals surface area contributed by atoms with Gasteiger partial charge in [-0.2, -0.15) is 0 Å². The minimum Gasteiger partial charge on any atom is -0.496 e. The van der Waals surface area contributed by atoms with Crippen LogP contribution >= 0.6 is 12.4 Å². The van der Waals surface area contributed by atoms with Crippen molar-refractivity contribution in [2.75, 3.05) is 12.8 Å². The third-order valence-corrected chi connectivity index (χ3v) is 2.46. The second-order valence-corrected chi connectivity index (χ2v) is 3.65. The number of hydrogen-bond donors (Lipinski definition) is 1. The number of Topliss-reactive ketones (excluding diaryl/α,β-unsaturated/α-hetero) is 1. The molecule has 0 aliphatic rings. The smallest absolute Gasteiger partial charge is 0.163 e. The maximum absolute atomic E-state index is 11.5. The fourth-order valence-electron chi connectivity index (χ4n) is 1.61. The number of rotatable bonds is 3. The number of anilines is 1. The van der Waals surface area contributed by atoms with Crippen LogP contribution < -0.4 is 10.5 Å². The summed E-state index contributed by atoms with van der Waals surface area (Å²) in [7, 11) is 1.54. The van der Waals surface area contributed by atoms with Crippen molar-refractivity contribution < 1.29 is 9.53 Å². The molecule has 6 heteroatoms. The lowest BCUT2D eigenvalue weighted by Gasteiger charge is -2.08. The van der Waals surface area contributed by atoms with Crippen LogP contribution in [0.2, 0.25) is 0 Å². The summed E-state index contributed by atoms with van der Waals surface area (Å²) >= 11 is 0. The number of imidazole rings is 1. The number of nitrogens with zero attached hydrogens (tertiary/aromatic N) is 2. The van der Waals surface area contributed by atoms with Crippen molar-refractivity contribution >= 4 is 24.0 Å². The molecule has 0 fully saturated rings. The zero-order chi connectivity index (χ0) is 12.4. The van der Waals surface area contributed by atoms with Crippen molar-refractivity contribution in [2.45, 2.75) is 6.92 Å². The number of methoxy groups -OCH3 is 1. The molecule has 18 heavy (non-hydrogen) atoms. The highest BCUT2D eigenvalue weighted by atomic mass is 35.5. The first-order chi connectivity index (χ1) is 8.11. The van der Waals surface area contributed by atoms with E-state index in [2.05, 4.69) is 4.98 Å². The van der Waals surface area contributed by atoms with Crippen molar-refractivity contribution in [1.29, 1.82) is 0 Å². The summed E-state index contributed by atoms with van der Waals surface area (Å²) in [6, 6.07) is 5.34.